The number of carbonyl (C=O) groups is 1. The Hall–Kier alpha value is -2.33. The van der Waals surface area contributed by atoms with E-state index in [9.17, 15) is 4.79 Å². The smallest absolute Gasteiger partial charge is 0.229 e. The van der Waals surface area contributed by atoms with Gasteiger partial charge in [-0.3, -0.25) is 4.79 Å². The molecule has 3 N–H and O–H groups in total. The number of hydrogen-bond donors (Lipinski definition) is 2. The minimum absolute atomic E-state index is 0.0133. The van der Waals surface area contributed by atoms with Gasteiger partial charge in [-0.05, 0) is 49.2 Å². The molecule has 4 heteroatoms. The molecule has 3 rings (SSSR count). The molecule has 2 aromatic rings. The van der Waals surface area contributed by atoms with E-state index >= 15 is 0 Å². The van der Waals surface area contributed by atoms with E-state index in [0.717, 1.165) is 36.4 Å². The summed E-state index contributed by atoms with van der Waals surface area (Å²) in [6.07, 6.45) is 2.84. The van der Waals surface area contributed by atoms with Crippen molar-refractivity contribution in [2.45, 2.75) is 25.3 Å². The van der Waals surface area contributed by atoms with E-state index in [4.69, 9.17) is 10.5 Å². The minimum atomic E-state index is -0.0692. The molecule has 4 nitrogen and oxygen atoms in total. The fraction of sp³-hybridized carbons (Fsp3) is 0.278. The summed E-state index contributed by atoms with van der Waals surface area (Å²) in [4.78, 5) is 12.2. The molecule has 1 amide bonds. The van der Waals surface area contributed by atoms with Gasteiger partial charge in [-0.2, -0.15) is 0 Å². The second kappa shape index (κ2) is 6.62. The van der Waals surface area contributed by atoms with Crippen molar-refractivity contribution in [3.05, 3.63) is 54.6 Å². The molecule has 2 atom stereocenters. The van der Waals surface area contributed by atoms with Crippen LogP contribution in [-0.2, 0) is 4.79 Å². The van der Waals surface area contributed by atoms with E-state index in [1.807, 2.05) is 54.6 Å². The number of ether oxygens (including phenoxy) is 1. The second-order valence-electron chi connectivity index (χ2n) is 5.63. The Labute approximate surface area is 130 Å². The maximum absolute atomic E-state index is 12.2. The van der Waals surface area contributed by atoms with Gasteiger partial charge < -0.3 is 15.8 Å². The molecule has 2 unspecified atom stereocenters. The molecule has 1 aliphatic carbocycles. The van der Waals surface area contributed by atoms with Crippen LogP contribution in [0.5, 0.6) is 11.5 Å². The maximum atomic E-state index is 12.2. The molecule has 0 bridgehead atoms. The highest BCUT2D eigenvalue weighted by Gasteiger charge is 2.30. The third-order valence-corrected chi connectivity index (χ3v) is 4.01. The van der Waals surface area contributed by atoms with Crippen molar-refractivity contribution in [3.8, 4) is 11.5 Å². The predicted octanol–water partition coefficient (Wildman–Crippen LogP) is 3.54. The predicted molar refractivity (Wildman–Crippen MR) is 86.9 cm³/mol. The molecule has 0 spiro atoms. The van der Waals surface area contributed by atoms with E-state index in [1.165, 1.54) is 0 Å². The number of carbonyl (C=O) groups excluding carboxylic acids is 1. The van der Waals surface area contributed by atoms with Crippen LogP contribution in [0.4, 0.5) is 5.69 Å². The van der Waals surface area contributed by atoms with Crippen LogP contribution >= 0.6 is 0 Å². The molecule has 0 saturated heterocycles. The Kier molecular flexibility index (Phi) is 4.39. The summed E-state index contributed by atoms with van der Waals surface area (Å²) in [5, 5.41) is 2.93. The highest BCUT2D eigenvalue weighted by Crippen LogP contribution is 2.26. The zero-order valence-electron chi connectivity index (χ0n) is 12.4. The number of para-hydroxylation sites is 1. The highest BCUT2D eigenvalue weighted by molar-refractivity contribution is 5.93. The van der Waals surface area contributed by atoms with Crippen LogP contribution in [0.15, 0.2) is 54.6 Å². The first-order chi connectivity index (χ1) is 10.7. The molecule has 22 heavy (non-hydrogen) atoms. The van der Waals surface area contributed by atoms with E-state index in [0.29, 0.717) is 0 Å². The first-order valence-electron chi connectivity index (χ1n) is 7.62. The summed E-state index contributed by atoms with van der Waals surface area (Å²) >= 11 is 0. The fourth-order valence-corrected chi connectivity index (χ4v) is 2.78. The van der Waals surface area contributed by atoms with Crippen LogP contribution in [0.2, 0.25) is 0 Å². The van der Waals surface area contributed by atoms with Crippen molar-refractivity contribution in [2.75, 3.05) is 5.32 Å². The number of benzene rings is 2. The topological polar surface area (TPSA) is 64.4 Å². The van der Waals surface area contributed by atoms with E-state index in [2.05, 4.69) is 5.32 Å². The number of amides is 1. The van der Waals surface area contributed by atoms with Crippen LogP contribution in [-0.4, -0.2) is 11.9 Å². The SMILES string of the molecule is NC1CCCC1C(=O)Nc1ccc(Oc2ccccc2)cc1. The average Bonchev–Trinajstić information content (AvgIpc) is 2.96. The molecule has 114 valence electrons. The summed E-state index contributed by atoms with van der Waals surface area (Å²) in [5.41, 5.74) is 6.73. The van der Waals surface area contributed by atoms with Crippen molar-refractivity contribution >= 4 is 11.6 Å². The Morgan fingerprint density at radius 1 is 1.00 bits per heavy atom. The van der Waals surface area contributed by atoms with Crippen LogP contribution in [0.25, 0.3) is 0 Å². The van der Waals surface area contributed by atoms with Gasteiger partial charge in [0.1, 0.15) is 11.5 Å². The molecule has 1 saturated carbocycles. The lowest BCUT2D eigenvalue weighted by atomic mass is 10.0. The number of rotatable bonds is 4. The van der Waals surface area contributed by atoms with Gasteiger partial charge in [-0.1, -0.05) is 24.6 Å². The average molecular weight is 296 g/mol. The molecule has 0 aliphatic heterocycles. The molecule has 0 aromatic heterocycles. The van der Waals surface area contributed by atoms with Gasteiger partial charge >= 0.3 is 0 Å². The Morgan fingerprint density at radius 3 is 2.32 bits per heavy atom. The van der Waals surface area contributed by atoms with Crippen molar-refractivity contribution in [1.82, 2.24) is 0 Å². The first-order valence-corrected chi connectivity index (χ1v) is 7.62. The molecule has 2 aromatic carbocycles. The van der Waals surface area contributed by atoms with Gasteiger partial charge in [-0.15, -0.1) is 0 Å². The van der Waals surface area contributed by atoms with Gasteiger partial charge in [0.2, 0.25) is 5.91 Å². The summed E-state index contributed by atoms with van der Waals surface area (Å²) in [6.45, 7) is 0. The number of hydrogen-bond acceptors (Lipinski definition) is 3. The number of nitrogens with two attached hydrogens (primary N) is 1. The van der Waals surface area contributed by atoms with Crippen LogP contribution in [0.3, 0.4) is 0 Å². The summed E-state index contributed by atoms with van der Waals surface area (Å²) in [7, 11) is 0. The Bertz CT molecular complexity index is 625. The Balaban J connectivity index is 1.61. The quantitative estimate of drug-likeness (QED) is 0.907. The molecular formula is C18H20N2O2. The van der Waals surface area contributed by atoms with E-state index in [1.54, 1.807) is 0 Å². The van der Waals surface area contributed by atoms with Crippen molar-refractivity contribution in [2.24, 2.45) is 11.7 Å². The second-order valence-corrected chi connectivity index (χ2v) is 5.63. The van der Waals surface area contributed by atoms with Gasteiger partial charge in [0.05, 0.1) is 5.92 Å². The Morgan fingerprint density at radius 2 is 1.68 bits per heavy atom. The van der Waals surface area contributed by atoms with E-state index in [-0.39, 0.29) is 17.9 Å². The van der Waals surface area contributed by atoms with Crippen LogP contribution in [0.1, 0.15) is 19.3 Å². The standard InChI is InChI=1S/C18H20N2O2/c19-17-8-4-7-16(17)18(21)20-13-9-11-15(12-10-13)22-14-5-2-1-3-6-14/h1-3,5-6,9-12,16-17H,4,7-8,19H2,(H,20,21). The van der Waals surface area contributed by atoms with Crippen molar-refractivity contribution < 1.29 is 9.53 Å². The summed E-state index contributed by atoms with van der Waals surface area (Å²) in [6, 6.07) is 17.0. The fourth-order valence-electron chi connectivity index (χ4n) is 2.78. The zero-order valence-corrected chi connectivity index (χ0v) is 12.4. The van der Waals surface area contributed by atoms with Crippen molar-refractivity contribution in [3.63, 3.8) is 0 Å². The highest BCUT2D eigenvalue weighted by atomic mass is 16.5. The largest absolute Gasteiger partial charge is 0.457 e. The third kappa shape index (κ3) is 3.46. The summed E-state index contributed by atoms with van der Waals surface area (Å²) in [5.74, 6) is 1.47. The van der Waals surface area contributed by atoms with Gasteiger partial charge in [-0.25, -0.2) is 0 Å². The van der Waals surface area contributed by atoms with Crippen LogP contribution < -0.4 is 15.8 Å². The molecule has 0 radical (unpaired) electrons. The number of anilines is 1. The lowest BCUT2D eigenvalue weighted by molar-refractivity contribution is -0.120. The lowest BCUT2D eigenvalue weighted by Gasteiger charge is -2.15. The van der Waals surface area contributed by atoms with E-state index < -0.39 is 0 Å². The normalized spacial score (nSPS) is 20.6. The summed E-state index contributed by atoms with van der Waals surface area (Å²) < 4.78 is 5.72. The third-order valence-electron chi connectivity index (χ3n) is 4.01. The van der Waals surface area contributed by atoms with Crippen LogP contribution in [0, 0.1) is 5.92 Å². The monoisotopic (exact) mass is 296 g/mol. The number of nitrogens with one attached hydrogen (secondary N) is 1. The minimum Gasteiger partial charge on any atom is -0.457 e. The zero-order chi connectivity index (χ0) is 15.4. The molecule has 0 heterocycles. The molecule has 1 fully saturated rings. The lowest BCUT2D eigenvalue weighted by Crippen LogP contribution is -2.34. The van der Waals surface area contributed by atoms with Gasteiger partial charge in [0, 0.05) is 11.7 Å². The molecular weight excluding hydrogens is 276 g/mol. The van der Waals surface area contributed by atoms with Crippen molar-refractivity contribution in [1.29, 1.82) is 0 Å². The van der Waals surface area contributed by atoms with Gasteiger partial charge in [0.15, 0.2) is 0 Å². The van der Waals surface area contributed by atoms with Gasteiger partial charge in [0.25, 0.3) is 0 Å². The first kappa shape index (κ1) is 14.6. The molecule has 1 aliphatic rings. The maximum Gasteiger partial charge on any atom is 0.229 e.